The number of para-hydroxylation sites is 1. The molecule has 0 saturated heterocycles. The molecule has 0 fully saturated rings. The van der Waals surface area contributed by atoms with E-state index in [0.717, 1.165) is 76.1 Å². The summed E-state index contributed by atoms with van der Waals surface area (Å²) in [6.07, 6.45) is 6.98. The third kappa shape index (κ3) is 10.6. The first-order chi connectivity index (χ1) is 14.8. The first-order valence-corrected chi connectivity index (χ1v) is 12.4. The zero-order valence-corrected chi connectivity index (χ0v) is 22.2. The SMILES string of the molecule is CCc1nncn1CCNC(=NCCCN(CC)c1ccccc1)NCCCSC.I. The van der Waals surface area contributed by atoms with Crippen LogP contribution in [0.3, 0.4) is 0 Å². The van der Waals surface area contributed by atoms with Gasteiger partial charge in [-0.05, 0) is 43.9 Å². The fourth-order valence-corrected chi connectivity index (χ4v) is 3.63. The number of aryl methyl sites for hydroxylation is 1. The first-order valence-electron chi connectivity index (χ1n) is 11.0. The number of anilines is 1. The summed E-state index contributed by atoms with van der Waals surface area (Å²) in [4.78, 5) is 7.20. The molecule has 0 atom stereocenters. The molecule has 0 spiro atoms. The van der Waals surface area contributed by atoms with Crippen LogP contribution in [0.15, 0.2) is 41.7 Å². The van der Waals surface area contributed by atoms with E-state index < -0.39 is 0 Å². The lowest BCUT2D eigenvalue weighted by Gasteiger charge is -2.22. The van der Waals surface area contributed by atoms with E-state index in [4.69, 9.17) is 4.99 Å². The van der Waals surface area contributed by atoms with Crippen LogP contribution in [0.5, 0.6) is 0 Å². The molecule has 0 radical (unpaired) electrons. The molecule has 9 heteroatoms. The van der Waals surface area contributed by atoms with Gasteiger partial charge in [-0.15, -0.1) is 34.2 Å². The topological polar surface area (TPSA) is 70.4 Å². The number of rotatable bonds is 14. The van der Waals surface area contributed by atoms with Crippen LogP contribution in [0.1, 0.15) is 32.5 Å². The molecule has 174 valence electrons. The highest BCUT2D eigenvalue weighted by Gasteiger charge is 2.04. The fourth-order valence-electron chi connectivity index (χ4n) is 3.19. The Balaban J connectivity index is 0.00000480. The Morgan fingerprint density at radius 1 is 1.13 bits per heavy atom. The summed E-state index contributed by atoms with van der Waals surface area (Å²) in [5.74, 6) is 3.07. The molecule has 2 rings (SSSR count). The summed E-state index contributed by atoms with van der Waals surface area (Å²) in [7, 11) is 0. The molecule has 31 heavy (non-hydrogen) atoms. The lowest BCUT2D eigenvalue weighted by atomic mass is 10.2. The second kappa shape index (κ2) is 17.1. The number of hydrogen-bond acceptors (Lipinski definition) is 5. The molecule has 2 aromatic rings. The molecule has 0 unspecified atom stereocenters. The van der Waals surface area contributed by atoms with Crippen LogP contribution < -0.4 is 15.5 Å². The molecule has 7 nitrogen and oxygen atoms in total. The van der Waals surface area contributed by atoms with Gasteiger partial charge in [0.2, 0.25) is 0 Å². The number of thioether (sulfide) groups is 1. The Bertz CT molecular complexity index is 724. The zero-order chi connectivity index (χ0) is 21.4. The van der Waals surface area contributed by atoms with Crippen LogP contribution in [0.4, 0.5) is 5.69 Å². The Kier molecular flexibility index (Phi) is 15.2. The molecule has 0 bridgehead atoms. The van der Waals surface area contributed by atoms with Crippen molar-refractivity contribution in [3.05, 3.63) is 42.5 Å². The summed E-state index contributed by atoms with van der Waals surface area (Å²) < 4.78 is 2.09. The van der Waals surface area contributed by atoms with Crippen molar-refractivity contribution in [3.8, 4) is 0 Å². The Morgan fingerprint density at radius 3 is 2.61 bits per heavy atom. The Morgan fingerprint density at radius 2 is 1.90 bits per heavy atom. The zero-order valence-electron chi connectivity index (χ0n) is 19.1. The van der Waals surface area contributed by atoms with Gasteiger partial charge in [-0.1, -0.05) is 25.1 Å². The number of nitrogens with zero attached hydrogens (tertiary/aromatic N) is 5. The van der Waals surface area contributed by atoms with Gasteiger partial charge in [-0.2, -0.15) is 11.8 Å². The van der Waals surface area contributed by atoms with Gasteiger partial charge in [0.05, 0.1) is 0 Å². The van der Waals surface area contributed by atoms with Gasteiger partial charge in [0, 0.05) is 51.4 Å². The van der Waals surface area contributed by atoms with Crippen LogP contribution >= 0.6 is 35.7 Å². The highest BCUT2D eigenvalue weighted by molar-refractivity contribution is 14.0. The first kappa shape index (κ1) is 27.5. The minimum absolute atomic E-state index is 0. The predicted octanol–water partition coefficient (Wildman–Crippen LogP) is 3.66. The molecule has 0 amide bonds. The molecule has 1 aromatic carbocycles. The normalized spacial score (nSPS) is 11.1. The van der Waals surface area contributed by atoms with Crippen molar-refractivity contribution in [2.45, 2.75) is 39.7 Å². The average Bonchev–Trinajstić information content (AvgIpc) is 3.24. The molecule has 0 aliphatic carbocycles. The summed E-state index contributed by atoms with van der Waals surface area (Å²) >= 11 is 1.88. The predicted molar refractivity (Wildman–Crippen MR) is 145 cm³/mol. The van der Waals surface area contributed by atoms with E-state index in [1.807, 2.05) is 11.8 Å². The van der Waals surface area contributed by atoms with E-state index in [1.165, 1.54) is 5.69 Å². The maximum atomic E-state index is 4.80. The van der Waals surface area contributed by atoms with Crippen molar-refractivity contribution in [1.29, 1.82) is 0 Å². The third-order valence-electron chi connectivity index (χ3n) is 4.83. The Hall–Kier alpha value is -1.49. The second-order valence-corrected chi connectivity index (χ2v) is 7.98. The monoisotopic (exact) mass is 559 g/mol. The lowest BCUT2D eigenvalue weighted by molar-refractivity contribution is 0.630. The van der Waals surface area contributed by atoms with Crippen LogP contribution in [-0.2, 0) is 13.0 Å². The second-order valence-electron chi connectivity index (χ2n) is 6.99. The standard InChI is InChI=1S/C22H37N7S.HI/c1-4-21-27-26-19-29(21)17-15-25-22(24-14-10-18-30-3)23-13-9-16-28(5-2)20-11-7-6-8-12-20;/h6-8,11-12,19H,4-5,9-10,13-18H2,1-3H3,(H2,23,24,25);1H. The average molecular weight is 560 g/mol. The van der Waals surface area contributed by atoms with Crippen molar-refractivity contribution >= 4 is 47.4 Å². The number of guanidine groups is 1. The quantitative estimate of drug-likeness (QED) is 0.159. The number of nitrogens with one attached hydrogen (secondary N) is 2. The van der Waals surface area contributed by atoms with Crippen molar-refractivity contribution < 1.29 is 0 Å². The molecule has 2 N–H and O–H groups in total. The van der Waals surface area contributed by atoms with Crippen LogP contribution in [0, 0.1) is 0 Å². The van der Waals surface area contributed by atoms with Crippen LogP contribution in [-0.4, -0.2) is 65.5 Å². The van der Waals surface area contributed by atoms with E-state index in [9.17, 15) is 0 Å². The van der Waals surface area contributed by atoms with Gasteiger partial charge in [-0.25, -0.2) is 0 Å². The minimum atomic E-state index is 0. The molecule has 1 aromatic heterocycles. The van der Waals surface area contributed by atoms with Crippen molar-refractivity contribution in [3.63, 3.8) is 0 Å². The summed E-state index contributed by atoms with van der Waals surface area (Å²) in [6, 6.07) is 10.6. The molecule has 0 aliphatic heterocycles. The van der Waals surface area contributed by atoms with E-state index in [2.05, 4.69) is 80.7 Å². The van der Waals surface area contributed by atoms with E-state index >= 15 is 0 Å². The van der Waals surface area contributed by atoms with Crippen molar-refractivity contribution in [2.24, 2.45) is 4.99 Å². The maximum Gasteiger partial charge on any atom is 0.191 e. The van der Waals surface area contributed by atoms with E-state index in [1.54, 1.807) is 6.33 Å². The lowest BCUT2D eigenvalue weighted by Crippen LogP contribution is -2.40. The van der Waals surface area contributed by atoms with Gasteiger partial charge >= 0.3 is 0 Å². The molecule has 1 heterocycles. The van der Waals surface area contributed by atoms with E-state index in [-0.39, 0.29) is 24.0 Å². The molecule has 0 aliphatic rings. The van der Waals surface area contributed by atoms with Crippen molar-refractivity contribution in [2.75, 3.05) is 49.6 Å². The highest BCUT2D eigenvalue weighted by Crippen LogP contribution is 2.12. The van der Waals surface area contributed by atoms with Gasteiger partial charge in [-0.3, -0.25) is 4.99 Å². The van der Waals surface area contributed by atoms with Crippen LogP contribution in [0.2, 0.25) is 0 Å². The molecule has 0 saturated carbocycles. The van der Waals surface area contributed by atoms with Gasteiger partial charge in [0.25, 0.3) is 0 Å². The van der Waals surface area contributed by atoms with Gasteiger partial charge < -0.3 is 20.1 Å². The van der Waals surface area contributed by atoms with E-state index in [0.29, 0.717) is 0 Å². The van der Waals surface area contributed by atoms with Gasteiger partial charge in [0.15, 0.2) is 5.96 Å². The summed E-state index contributed by atoms with van der Waals surface area (Å²) in [6.45, 7) is 9.67. The number of hydrogen-bond donors (Lipinski definition) is 2. The highest BCUT2D eigenvalue weighted by atomic mass is 127. The largest absolute Gasteiger partial charge is 0.372 e. The number of halogens is 1. The smallest absolute Gasteiger partial charge is 0.191 e. The number of aromatic nitrogens is 3. The summed E-state index contributed by atoms with van der Waals surface area (Å²) in [5, 5.41) is 15.1. The summed E-state index contributed by atoms with van der Waals surface area (Å²) in [5.41, 5.74) is 1.28. The minimum Gasteiger partial charge on any atom is -0.372 e. The Labute approximate surface area is 208 Å². The number of aliphatic imine (C=N–C) groups is 1. The fraction of sp³-hybridized carbons (Fsp3) is 0.591. The maximum absolute atomic E-state index is 4.80. The third-order valence-corrected chi connectivity index (χ3v) is 5.53. The molecular formula is C22H38IN7S. The van der Waals surface area contributed by atoms with Gasteiger partial charge in [0.1, 0.15) is 12.2 Å². The van der Waals surface area contributed by atoms with Crippen LogP contribution in [0.25, 0.3) is 0 Å². The number of benzene rings is 1. The molecular weight excluding hydrogens is 521 g/mol. The van der Waals surface area contributed by atoms with Crippen molar-refractivity contribution in [1.82, 2.24) is 25.4 Å².